The monoisotopic (exact) mass is 338 g/mol. The van der Waals surface area contributed by atoms with Gasteiger partial charge >= 0.3 is 0 Å². The maximum Gasteiger partial charge on any atom is 0.274 e. The zero-order valence-electron chi connectivity index (χ0n) is 13.7. The van der Waals surface area contributed by atoms with Crippen LogP contribution in [0.2, 0.25) is 0 Å². The van der Waals surface area contributed by atoms with Gasteiger partial charge in [0.1, 0.15) is 0 Å². The Morgan fingerprint density at radius 2 is 2.12 bits per heavy atom. The molecule has 0 saturated heterocycles. The molecule has 3 aromatic rings. The number of hydrogen-bond acceptors (Lipinski definition) is 5. The number of rotatable bonds is 4. The summed E-state index contributed by atoms with van der Waals surface area (Å²) in [6, 6.07) is 10.7. The second kappa shape index (κ2) is 6.18. The van der Waals surface area contributed by atoms with Gasteiger partial charge in [0.05, 0.1) is 18.2 Å². The number of oxazole rings is 1. The maximum absolute atomic E-state index is 12.7. The Morgan fingerprint density at radius 3 is 2.80 bits per heavy atom. The Hall–Kier alpha value is -2.93. The molecule has 2 heterocycles. The van der Waals surface area contributed by atoms with Crippen molar-refractivity contribution in [3.63, 3.8) is 0 Å². The van der Waals surface area contributed by atoms with Gasteiger partial charge in [0.25, 0.3) is 5.91 Å². The lowest BCUT2D eigenvalue weighted by atomic mass is 9.83. The third kappa shape index (κ3) is 2.83. The predicted octanol–water partition coefficient (Wildman–Crippen LogP) is 1.95. The summed E-state index contributed by atoms with van der Waals surface area (Å²) in [5.41, 5.74) is 1.05. The molecule has 1 aromatic carbocycles. The first-order chi connectivity index (χ1) is 12.1. The van der Waals surface area contributed by atoms with E-state index < -0.39 is 6.10 Å². The highest BCUT2D eigenvalue weighted by Gasteiger charge is 2.43. The van der Waals surface area contributed by atoms with Gasteiger partial charge in [0.2, 0.25) is 0 Å². The zero-order valence-corrected chi connectivity index (χ0v) is 13.7. The smallest absolute Gasteiger partial charge is 0.274 e. The molecule has 1 amide bonds. The Balaban J connectivity index is 1.56. The van der Waals surface area contributed by atoms with E-state index in [1.807, 2.05) is 30.3 Å². The third-order valence-electron chi connectivity index (χ3n) is 4.43. The first kappa shape index (κ1) is 15.6. The van der Waals surface area contributed by atoms with Gasteiger partial charge in [-0.1, -0.05) is 30.3 Å². The Morgan fingerprint density at radius 1 is 1.32 bits per heavy atom. The van der Waals surface area contributed by atoms with Crippen LogP contribution in [0.4, 0.5) is 0 Å². The van der Waals surface area contributed by atoms with Crippen LogP contribution in [0.5, 0.6) is 0 Å². The van der Waals surface area contributed by atoms with Gasteiger partial charge in [-0.05, 0) is 12.5 Å². The number of nitrogens with zero attached hydrogens (tertiary/aromatic N) is 3. The Bertz CT molecular complexity index is 873. The van der Waals surface area contributed by atoms with Crippen LogP contribution in [0.15, 0.2) is 53.2 Å². The number of aryl methyl sites for hydroxylation is 1. The molecule has 128 valence electrons. The summed E-state index contributed by atoms with van der Waals surface area (Å²) in [4.78, 5) is 17.0. The molecule has 0 spiro atoms. The summed E-state index contributed by atoms with van der Waals surface area (Å²) in [6.45, 7) is 1.71. The minimum absolute atomic E-state index is 0.206. The highest BCUT2D eigenvalue weighted by Crippen LogP contribution is 2.33. The molecule has 1 aliphatic rings. The van der Waals surface area contributed by atoms with Crippen molar-refractivity contribution in [3.8, 4) is 11.3 Å². The molecule has 7 nitrogen and oxygen atoms in total. The largest absolute Gasteiger partial charge is 0.440 e. The van der Waals surface area contributed by atoms with Gasteiger partial charge in [-0.2, -0.15) is 5.10 Å². The zero-order chi connectivity index (χ0) is 17.4. The highest BCUT2D eigenvalue weighted by atomic mass is 16.4. The molecule has 2 aromatic heterocycles. The minimum atomic E-state index is -0.530. The molecule has 1 saturated carbocycles. The first-order valence-electron chi connectivity index (χ1n) is 8.14. The third-order valence-corrected chi connectivity index (χ3v) is 4.43. The van der Waals surface area contributed by atoms with Gasteiger partial charge in [0.15, 0.2) is 17.3 Å². The lowest BCUT2D eigenvalue weighted by Gasteiger charge is -2.41. The number of aliphatic hydroxyl groups excluding tert-OH is 1. The van der Waals surface area contributed by atoms with Crippen LogP contribution in [0, 0.1) is 6.92 Å². The van der Waals surface area contributed by atoms with E-state index in [9.17, 15) is 9.90 Å². The highest BCUT2D eigenvalue weighted by molar-refractivity contribution is 5.98. The van der Waals surface area contributed by atoms with E-state index in [-0.39, 0.29) is 23.7 Å². The molecule has 7 heteroatoms. The standard InChI is InChI=1S/C18H18N4O3/c1-11-20-15(17(25-11)12-6-3-2-4-7-12)18(24)21-13-10-14(23)16(13)22-9-5-8-19-22/h2-9,13-14,16,23H,10H2,1H3,(H,21,24)/t13-,14+,16+/m0/s1. The number of carbonyl (C=O) groups is 1. The maximum atomic E-state index is 12.7. The molecule has 1 fully saturated rings. The first-order valence-corrected chi connectivity index (χ1v) is 8.14. The molecule has 4 rings (SSSR count). The quantitative estimate of drug-likeness (QED) is 0.758. The van der Waals surface area contributed by atoms with E-state index in [0.717, 1.165) is 5.56 Å². The van der Waals surface area contributed by atoms with Crippen molar-refractivity contribution in [2.75, 3.05) is 0 Å². The predicted molar refractivity (Wildman–Crippen MR) is 89.8 cm³/mol. The number of aliphatic hydroxyl groups is 1. The van der Waals surface area contributed by atoms with Crippen LogP contribution in [0.3, 0.4) is 0 Å². The summed E-state index contributed by atoms with van der Waals surface area (Å²) in [6.07, 6.45) is 3.38. The van der Waals surface area contributed by atoms with Crippen molar-refractivity contribution in [3.05, 3.63) is 60.4 Å². The van der Waals surface area contributed by atoms with Crippen LogP contribution in [0.1, 0.15) is 28.8 Å². The fourth-order valence-corrected chi connectivity index (χ4v) is 3.18. The Labute approximate surface area is 144 Å². The van der Waals surface area contributed by atoms with Gasteiger partial charge < -0.3 is 14.8 Å². The molecule has 1 aliphatic carbocycles. The fraction of sp³-hybridized carbons (Fsp3) is 0.278. The fourth-order valence-electron chi connectivity index (χ4n) is 3.18. The van der Waals surface area contributed by atoms with Gasteiger partial charge in [-0.3, -0.25) is 9.48 Å². The molecule has 0 radical (unpaired) electrons. The average molecular weight is 338 g/mol. The molecule has 0 aliphatic heterocycles. The average Bonchev–Trinajstić information content (AvgIpc) is 3.24. The molecule has 25 heavy (non-hydrogen) atoms. The summed E-state index contributed by atoms with van der Waals surface area (Å²) in [7, 11) is 0. The van der Waals surface area contributed by atoms with Crippen molar-refractivity contribution >= 4 is 5.91 Å². The summed E-state index contributed by atoms with van der Waals surface area (Å²) >= 11 is 0. The molecule has 2 N–H and O–H groups in total. The van der Waals surface area contributed by atoms with E-state index in [1.54, 1.807) is 30.1 Å². The Kier molecular flexibility index (Phi) is 3.85. The lowest BCUT2D eigenvalue weighted by Crippen LogP contribution is -2.56. The van der Waals surface area contributed by atoms with Gasteiger partial charge in [-0.15, -0.1) is 0 Å². The van der Waals surface area contributed by atoms with Crippen molar-refractivity contribution in [1.29, 1.82) is 0 Å². The van der Waals surface area contributed by atoms with Crippen molar-refractivity contribution in [1.82, 2.24) is 20.1 Å². The number of carbonyl (C=O) groups excluding carboxylic acids is 1. The number of nitrogens with one attached hydrogen (secondary N) is 1. The topological polar surface area (TPSA) is 93.2 Å². The SMILES string of the molecule is Cc1nc(C(=O)N[C@H]2C[C@@H](O)[C@@H]2n2cccn2)c(-c2ccccc2)o1. The number of amides is 1. The van der Waals surface area contributed by atoms with Crippen molar-refractivity contribution < 1.29 is 14.3 Å². The van der Waals surface area contributed by atoms with Crippen LogP contribution in [-0.4, -0.2) is 37.9 Å². The van der Waals surface area contributed by atoms with Crippen LogP contribution in [0.25, 0.3) is 11.3 Å². The van der Waals surface area contributed by atoms with Gasteiger partial charge in [-0.25, -0.2) is 4.98 Å². The van der Waals surface area contributed by atoms with Crippen molar-refractivity contribution in [2.24, 2.45) is 0 Å². The number of hydrogen-bond donors (Lipinski definition) is 2. The minimum Gasteiger partial charge on any atom is -0.440 e. The van der Waals surface area contributed by atoms with E-state index in [1.165, 1.54) is 0 Å². The number of benzene rings is 1. The lowest BCUT2D eigenvalue weighted by molar-refractivity contribution is -0.00594. The van der Waals surface area contributed by atoms with E-state index in [0.29, 0.717) is 18.1 Å². The summed E-state index contributed by atoms with van der Waals surface area (Å²) in [5.74, 6) is 0.567. The van der Waals surface area contributed by atoms with E-state index in [2.05, 4.69) is 15.4 Å². The van der Waals surface area contributed by atoms with Gasteiger partial charge in [0, 0.05) is 24.9 Å². The van der Waals surface area contributed by atoms with Crippen LogP contribution >= 0.6 is 0 Å². The van der Waals surface area contributed by atoms with E-state index >= 15 is 0 Å². The van der Waals surface area contributed by atoms with Crippen LogP contribution in [-0.2, 0) is 0 Å². The molecular weight excluding hydrogens is 320 g/mol. The molecule has 3 atom stereocenters. The van der Waals surface area contributed by atoms with Crippen molar-refractivity contribution in [2.45, 2.75) is 31.5 Å². The van der Waals surface area contributed by atoms with E-state index in [4.69, 9.17) is 4.42 Å². The normalized spacial score (nSPS) is 22.4. The summed E-state index contributed by atoms with van der Waals surface area (Å²) < 4.78 is 7.31. The summed E-state index contributed by atoms with van der Waals surface area (Å²) in [5, 5.41) is 17.1. The number of aromatic nitrogens is 3. The second-order valence-electron chi connectivity index (χ2n) is 6.14. The second-order valence-corrected chi connectivity index (χ2v) is 6.14. The molecular formula is C18H18N4O3. The molecule has 0 unspecified atom stereocenters. The molecule has 0 bridgehead atoms. The van der Waals surface area contributed by atoms with Crippen LogP contribution < -0.4 is 5.32 Å².